The van der Waals surface area contributed by atoms with Crippen LogP contribution in [0.3, 0.4) is 0 Å². The molecule has 0 bridgehead atoms. The molecule has 1 atom stereocenters. The van der Waals surface area contributed by atoms with Crippen LogP contribution in [0.25, 0.3) is 0 Å². The van der Waals surface area contributed by atoms with E-state index in [1.807, 2.05) is 11.8 Å². The molecule has 2 aliphatic heterocycles. The third-order valence-corrected chi connectivity index (χ3v) is 4.34. The number of carbonyl (C=O) groups excluding carboxylic acids is 2. The molecule has 5 heteroatoms. The molecule has 0 aromatic rings. The standard InChI is InChI=1S/C13H16N2O2S/c1-7(14-10(4)16)9(3)18-12-5-11-6-13(17)15(11)8(12)2/h11H,1,3,5-6H2,2,4H3,(H,14,16)/t11-/m1/s1. The molecule has 0 aromatic heterocycles. The third-order valence-electron chi connectivity index (χ3n) is 3.14. The summed E-state index contributed by atoms with van der Waals surface area (Å²) in [6, 6.07) is 0.335. The summed E-state index contributed by atoms with van der Waals surface area (Å²) in [6.07, 6.45) is 1.52. The molecule has 18 heavy (non-hydrogen) atoms. The lowest BCUT2D eigenvalue weighted by Crippen LogP contribution is -2.47. The molecule has 2 amide bonds. The number of nitrogens with one attached hydrogen (secondary N) is 1. The lowest BCUT2D eigenvalue weighted by Gasteiger charge is -2.35. The van der Waals surface area contributed by atoms with Crippen LogP contribution in [0.2, 0.25) is 0 Å². The molecule has 1 N–H and O–H groups in total. The van der Waals surface area contributed by atoms with Gasteiger partial charge in [-0.1, -0.05) is 24.9 Å². The van der Waals surface area contributed by atoms with Gasteiger partial charge in [0.05, 0.1) is 0 Å². The van der Waals surface area contributed by atoms with Crippen LogP contribution < -0.4 is 5.32 Å². The van der Waals surface area contributed by atoms with Crippen molar-refractivity contribution in [3.63, 3.8) is 0 Å². The zero-order chi connectivity index (χ0) is 13.4. The van der Waals surface area contributed by atoms with Crippen molar-refractivity contribution in [2.24, 2.45) is 0 Å². The summed E-state index contributed by atoms with van der Waals surface area (Å²) in [5, 5.41) is 2.62. The summed E-state index contributed by atoms with van der Waals surface area (Å²) in [5.74, 6) is 0.0391. The molecule has 96 valence electrons. The second-order valence-electron chi connectivity index (χ2n) is 4.52. The SMILES string of the molecule is C=C(NC(C)=O)C(=C)SC1=C(C)N2C(=O)C[C@H]2C1. The Kier molecular flexibility index (Phi) is 3.34. The van der Waals surface area contributed by atoms with Crippen molar-refractivity contribution in [3.8, 4) is 0 Å². The Balaban J connectivity index is 2.00. The van der Waals surface area contributed by atoms with Crippen LogP contribution in [-0.4, -0.2) is 22.8 Å². The molecule has 1 saturated heterocycles. The Morgan fingerprint density at radius 3 is 2.61 bits per heavy atom. The fourth-order valence-corrected chi connectivity index (χ4v) is 3.20. The van der Waals surface area contributed by atoms with Crippen molar-refractivity contribution in [2.45, 2.75) is 32.7 Å². The van der Waals surface area contributed by atoms with Crippen LogP contribution in [0.5, 0.6) is 0 Å². The van der Waals surface area contributed by atoms with Crippen molar-refractivity contribution in [2.75, 3.05) is 0 Å². The first-order valence-electron chi connectivity index (χ1n) is 5.75. The van der Waals surface area contributed by atoms with Crippen molar-refractivity contribution in [1.82, 2.24) is 10.2 Å². The van der Waals surface area contributed by atoms with E-state index in [9.17, 15) is 9.59 Å². The summed E-state index contributed by atoms with van der Waals surface area (Å²) in [7, 11) is 0. The number of β-lactam (4-membered cyclic amide) rings is 1. The Hall–Kier alpha value is -1.49. The largest absolute Gasteiger partial charge is 0.326 e. The molecule has 1 fully saturated rings. The molecule has 0 radical (unpaired) electrons. The van der Waals surface area contributed by atoms with Gasteiger partial charge >= 0.3 is 0 Å². The lowest BCUT2D eigenvalue weighted by atomic mass is 10.0. The lowest BCUT2D eigenvalue weighted by molar-refractivity contribution is -0.141. The normalized spacial score (nSPS) is 21.6. The van der Waals surface area contributed by atoms with Gasteiger partial charge in [-0.15, -0.1) is 0 Å². The van der Waals surface area contributed by atoms with Crippen molar-refractivity contribution in [1.29, 1.82) is 0 Å². The van der Waals surface area contributed by atoms with Gasteiger partial charge < -0.3 is 10.2 Å². The van der Waals surface area contributed by atoms with Crippen molar-refractivity contribution < 1.29 is 9.59 Å². The summed E-state index contributed by atoms with van der Waals surface area (Å²) in [4.78, 5) is 26.1. The molecule has 2 aliphatic rings. The van der Waals surface area contributed by atoms with E-state index in [0.29, 0.717) is 18.2 Å². The number of allylic oxidation sites excluding steroid dienone is 1. The Bertz CT molecular complexity index is 493. The molecular formula is C13H16N2O2S. The molecule has 2 rings (SSSR count). The van der Waals surface area contributed by atoms with Crippen molar-refractivity contribution >= 4 is 23.6 Å². The highest BCUT2D eigenvalue weighted by molar-refractivity contribution is 8.07. The topological polar surface area (TPSA) is 49.4 Å². The van der Waals surface area contributed by atoms with E-state index in [2.05, 4.69) is 18.5 Å². The van der Waals surface area contributed by atoms with Gasteiger partial charge in [0.15, 0.2) is 0 Å². The van der Waals surface area contributed by atoms with E-state index in [-0.39, 0.29) is 11.8 Å². The van der Waals surface area contributed by atoms with Gasteiger partial charge in [-0.2, -0.15) is 0 Å². The fraction of sp³-hybridized carbons (Fsp3) is 0.385. The number of thioether (sulfide) groups is 1. The van der Waals surface area contributed by atoms with Crippen LogP contribution in [-0.2, 0) is 9.59 Å². The third kappa shape index (κ3) is 2.22. The number of hydrogen-bond donors (Lipinski definition) is 1. The average molecular weight is 264 g/mol. The highest BCUT2D eigenvalue weighted by Crippen LogP contribution is 2.45. The van der Waals surface area contributed by atoms with Crippen LogP contribution in [0.15, 0.2) is 34.4 Å². The Morgan fingerprint density at radius 1 is 1.44 bits per heavy atom. The van der Waals surface area contributed by atoms with E-state index in [0.717, 1.165) is 21.9 Å². The second kappa shape index (κ2) is 4.65. The first-order chi connectivity index (χ1) is 8.40. The summed E-state index contributed by atoms with van der Waals surface area (Å²) in [6.45, 7) is 11.1. The maximum atomic E-state index is 11.4. The molecule has 0 unspecified atom stereocenters. The van der Waals surface area contributed by atoms with E-state index in [1.54, 1.807) is 0 Å². The van der Waals surface area contributed by atoms with Crippen LogP contribution in [0.1, 0.15) is 26.7 Å². The van der Waals surface area contributed by atoms with Gasteiger partial charge in [0, 0.05) is 47.0 Å². The Labute approximate surface area is 111 Å². The van der Waals surface area contributed by atoms with Gasteiger partial charge in [-0.25, -0.2) is 0 Å². The average Bonchev–Trinajstić information content (AvgIpc) is 2.48. The molecule has 2 heterocycles. The van der Waals surface area contributed by atoms with Crippen LogP contribution in [0, 0.1) is 0 Å². The predicted octanol–water partition coefficient (Wildman–Crippen LogP) is 2.12. The first-order valence-corrected chi connectivity index (χ1v) is 6.57. The molecule has 0 spiro atoms. The minimum atomic E-state index is -0.155. The van der Waals surface area contributed by atoms with Gasteiger partial charge in [0.1, 0.15) is 0 Å². The predicted molar refractivity (Wildman–Crippen MR) is 72.3 cm³/mol. The molecular weight excluding hydrogens is 248 g/mol. The minimum absolute atomic E-state index is 0.155. The quantitative estimate of drug-likeness (QED) is 0.625. The van der Waals surface area contributed by atoms with Gasteiger partial charge in [0.25, 0.3) is 0 Å². The summed E-state index contributed by atoms with van der Waals surface area (Å²) >= 11 is 1.49. The van der Waals surface area contributed by atoms with Gasteiger partial charge in [0.2, 0.25) is 11.8 Å². The zero-order valence-corrected chi connectivity index (χ0v) is 11.4. The molecule has 4 nitrogen and oxygen atoms in total. The van der Waals surface area contributed by atoms with E-state index < -0.39 is 0 Å². The van der Waals surface area contributed by atoms with Gasteiger partial charge in [-0.3, -0.25) is 9.59 Å². The van der Waals surface area contributed by atoms with Gasteiger partial charge in [-0.05, 0) is 6.92 Å². The van der Waals surface area contributed by atoms with E-state index in [4.69, 9.17) is 0 Å². The number of amides is 2. The highest BCUT2D eigenvalue weighted by atomic mass is 32.2. The van der Waals surface area contributed by atoms with Crippen LogP contribution >= 0.6 is 11.8 Å². The molecule has 0 aromatic carbocycles. The first kappa shape index (κ1) is 13.0. The summed E-state index contributed by atoms with van der Waals surface area (Å²) in [5.41, 5.74) is 1.53. The maximum Gasteiger partial charge on any atom is 0.229 e. The zero-order valence-electron chi connectivity index (χ0n) is 10.6. The minimum Gasteiger partial charge on any atom is -0.326 e. The monoisotopic (exact) mass is 264 g/mol. The number of nitrogens with zero attached hydrogens (tertiary/aromatic N) is 1. The van der Waals surface area contributed by atoms with E-state index in [1.165, 1.54) is 18.7 Å². The second-order valence-corrected chi connectivity index (χ2v) is 5.71. The Morgan fingerprint density at radius 2 is 2.11 bits per heavy atom. The number of rotatable bonds is 4. The maximum absolute atomic E-state index is 11.4. The molecule has 0 aliphatic carbocycles. The molecule has 0 saturated carbocycles. The number of fused-ring (bicyclic) bond motifs is 1. The fourth-order valence-electron chi connectivity index (χ4n) is 2.21. The van der Waals surface area contributed by atoms with Crippen molar-refractivity contribution in [3.05, 3.63) is 34.4 Å². The highest BCUT2D eigenvalue weighted by Gasteiger charge is 2.43. The number of hydrogen-bond acceptors (Lipinski definition) is 3. The number of carbonyl (C=O) groups is 2. The summed E-state index contributed by atoms with van der Waals surface area (Å²) < 4.78 is 0. The smallest absolute Gasteiger partial charge is 0.229 e. The van der Waals surface area contributed by atoms with Crippen LogP contribution in [0.4, 0.5) is 0 Å². The van der Waals surface area contributed by atoms with E-state index >= 15 is 0 Å².